The first kappa shape index (κ1) is 48.6. The minimum absolute atomic E-state index is 0.00239. The summed E-state index contributed by atoms with van der Waals surface area (Å²) in [5.41, 5.74) is 0.836. The van der Waals surface area contributed by atoms with E-state index in [4.69, 9.17) is 31.9 Å². The van der Waals surface area contributed by atoms with Crippen molar-refractivity contribution in [2.75, 3.05) is 124 Å². The molecule has 0 bridgehead atoms. The Hall–Kier alpha value is -1.55. The molecule has 17 nitrogen and oxygen atoms in total. The smallest absolute Gasteiger partial charge is 0.344 e. The first-order valence-corrected chi connectivity index (χ1v) is 24.0. The molecule has 0 atom stereocenters. The molecule has 0 aliphatic carbocycles. The van der Waals surface area contributed by atoms with Crippen molar-refractivity contribution in [1.82, 2.24) is 24.9 Å². The van der Waals surface area contributed by atoms with Gasteiger partial charge in [-0.05, 0) is 47.1 Å². The van der Waals surface area contributed by atoms with Crippen LogP contribution < -0.4 is 5.32 Å². The van der Waals surface area contributed by atoms with E-state index in [9.17, 15) is 23.3 Å². The summed E-state index contributed by atoms with van der Waals surface area (Å²) < 4.78 is 80.2. The zero-order valence-corrected chi connectivity index (χ0v) is 35.7. The van der Waals surface area contributed by atoms with Crippen LogP contribution >= 0.6 is 22.8 Å². The van der Waals surface area contributed by atoms with E-state index >= 15 is 0 Å². The highest BCUT2D eigenvalue weighted by Crippen LogP contribution is 2.50. The largest absolute Gasteiger partial charge is 0.460 e. The van der Waals surface area contributed by atoms with Gasteiger partial charge in [-0.1, -0.05) is 30.3 Å². The van der Waals surface area contributed by atoms with Crippen molar-refractivity contribution in [3.63, 3.8) is 0 Å². The summed E-state index contributed by atoms with van der Waals surface area (Å²) in [5.74, 6) is -0.944. The second-order valence-electron chi connectivity index (χ2n) is 12.3. The van der Waals surface area contributed by atoms with Gasteiger partial charge in [0.05, 0.1) is 46.2 Å². The van der Waals surface area contributed by atoms with Crippen LogP contribution in [0, 0.1) is 0 Å². The number of amides is 1. The average molecular weight is 828 g/mol. The van der Waals surface area contributed by atoms with Crippen LogP contribution in [-0.4, -0.2) is 155 Å². The maximum absolute atomic E-state index is 13.7. The second kappa shape index (κ2) is 26.4. The van der Waals surface area contributed by atoms with Gasteiger partial charge in [0.2, 0.25) is 5.91 Å². The summed E-state index contributed by atoms with van der Waals surface area (Å²) in [7, 11) is -10.5. The Morgan fingerprint density at radius 1 is 0.556 bits per heavy atom. The van der Waals surface area contributed by atoms with E-state index in [-0.39, 0.29) is 84.1 Å². The van der Waals surface area contributed by atoms with Gasteiger partial charge in [0.25, 0.3) is 0 Å². The van der Waals surface area contributed by atoms with Gasteiger partial charge in [0.1, 0.15) is 32.0 Å². The quantitative estimate of drug-likeness (QED) is 0.112. The molecule has 0 spiro atoms. The number of nitrogens with one attached hydrogen (secondary N) is 1. The Labute approximate surface area is 322 Å². The SMILES string of the molecule is CCOP(=O)(CN1CCN(CC(=O)NCC(=O)OCc2ccccc2)CCN(CP(=O)(OCC)OCC)CCN(CP(=O)(OCC)OCC)CC1)OCC. The van der Waals surface area contributed by atoms with Crippen molar-refractivity contribution in [3.8, 4) is 0 Å². The summed E-state index contributed by atoms with van der Waals surface area (Å²) in [4.78, 5) is 33.4. The molecule has 2 rings (SSSR count). The van der Waals surface area contributed by atoms with E-state index in [1.54, 1.807) is 41.5 Å². The molecule has 1 fully saturated rings. The molecule has 1 aromatic carbocycles. The number of carbonyl (C=O) groups is 2. The number of benzene rings is 1. The third-order valence-electron chi connectivity index (χ3n) is 8.04. The molecule has 54 heavy (non-hydrogen) atoms. The van der Waals surface area contributed by atoms with Crippen LogP contribution in [0.5, 0.6) is 0 Å². The first-order valence-electron chi connectivity index (χ1n) is 18.8. The zero-order valence-electron chi connectivity index (χ0n) is 33.1. The summed E-state index contributed by atoms with van der Waals surface area (Å²) in [5, 5.41) is 2.66. The van der Waals surface area contributed by atoms with Gasteiger partial charge >= 0.3 is 28.8 Å². The number of ether oxygens (including phenoxy) is 1. The lowest BCUT2D eigenvalue weighted by molar-refractivity contribution is -0.145. The molecule has 0 saturated carbocycles. The van der Waals surface area contributed by atoms with Crippen molar-refractivity contribution in [2.45, 2.75) is 48.1 Å². The van der Waals surface area contributed by atoms with Crippen molar-refractivity contribution < 1.29 is 55.2 Å². The van der Waals surface area contributed by atoms with Crippen LogP contribution in [0.15, 0.2) is 30.3 Å². The molecule has 1 aliphatic heterocycles. The molecule has 0 unspecified atom stereocenters. The molecule has 1 heterocycles. The highest BCUT2D eigenvalue weighted by Gasteiger charge is 2.33. The van der Waals surface area contributed by atoms with Crippen LogP contribution in [0.2, 0.25) is 0 Å². The van der Waals surface area contributed by atoms with Gasteiger partial charge in [0.15, 0.2) is 0 Å². The van der Waals surface area contributed by atoms with Crippen LogP contribution in [0.3, 0.4) is 0 Å². The third kappa shape index (κ3) is 19.5. The van der Waals surface area contributed by atoms with Gasteiger partial charge in [-0.3, -0.25) is 42.9 Å². The maximum atomic E-state index is 13.7. The Bertz CT molecular complexity index is 1290. The van der Waals surface area contributed by atoms with Crippen molar-refractivity contribution in [2.24, 2.45) is 0 Å². The molecular weight excluding hydrogens is 763 g/mol. The predicted molar refractivity (Wildman–Crippen MR) is 208 cm³/mol. The minimum Gasteiger partial charge on any atom is -0.460 e. The van der Waals surface area contributed by atoms with Crippen molar-refractivity contribution in [3.05, 3.63) is 35.9 Å². The monoisotopic (exact) mass is 827 g/mol. The Balaban J connectivity index is 2.34. The highest BCUT2D eigenvalue weighted by atomic mass is 31.2. The zero-order chi connectivity index (χ0) is 39.9. The van der Waals surface area contributed by atoms with Gasteiger partial charge in [0, 0.05) is 52.4 Å². The molecule has 1 aromatic rings. The lowest BCUT2D eigenvalue weighted by Gasteiger charge is -2.36. The number of esters is 1. The molecule has 1 N–H and O–H groups in total. The van der Waals surface area contributed by atoms with E-state index in [0.29, 0.717) is 52.4 Å². The lowest BCUT2D eigenvalue weighted by Crippen LogP contribution is -2.48. The molecule has 1 amide bonds. The predicted octanol–water partition coefficient (Wildman–Crippen LogP) is 4.74. The van der Waals surface area contributed by atoms with E-state index < -0.39 is 28.8 Å². The van der Waals surface area contributed by atoms with Crippen LogP contribution in [-0.2, 0) is 61.8 Å². The molecule has 0 radical (unpaired) electrons. The fourth-order valence-electron chi connectivity index (χ4n) is 5.65. The molecule has 20 heteroatoms. The standard InChI is InChI=1S/C34H64N5O12P3/c1-7-46-52(42,47-8-2)29-37-20-18-36(27-33(40)35-26-34(41)45-28-32-16-14-13-15-17-32)19-21-38(30-53(43,48-9-3)49-10-4)23-25-39(24-22-37)31-54(44,50-11-5)51-12-6/h13-17H,7-12,18-31H2,1-6H3,(H,35,40). The molecule has 312 valence electrons. The normalized spacial score (nSPS) is 16.8. The Morgan fingerprint density at radius 2 is 0.889 bits per heavy atom. The van der Waals surface area contributed by atoms with Gasteiger partial charge in [-0.25, -0.2) is 0 Å². The number of rotatable bonds is 24. The highest BCUT2D eigenvalue weighted by molar-refractivity contribution is 7.54. The molecule has 1 saturated heterocycles. The second-order valence-corrected chi connectivity index (χ2v) is 18.4. The minimum atomic E-state index is -3.51. The molecule has 0 aromatic heterocycles. The summed E-state index contributed by atoms with van der Waals surface area (Å²) in [6.07, 6.45) is 0.0183. The van der Waals surface area contributed by atoms with E-state index in [1.165, 1.54) is 0 Å². The average Bonchev–Trinajstić information content (AvgIpc) is 3.12. The topological polar surface area (TPSA) is 175 Å². The number of hydrogen-bond donors (Lipinski definition) is 1. The van der Waals surface area contributed by atoms with Gasteiger partial charge in [-0.15, -0.1) is 0 Å². The van der Waals surface area contributed by atoms with Gasteiger partial charge in [-0.2, -0.15) is 0 Å². The van der Waals surface area contributed by atoms with Crippen LogP contribution in [0.4, 0.5) is 0 Å². The molecule has 1 aliphatic rings. The van der Waals surface area contributed by atoms with Gasteiger partial charge < -0.3 is 37.2 Å². The Morgan fingerprint density at radius 3 is 1.22 bits per heavy atom. The number of carbonyl (C=O) groups excluding carboxylic acids is 2. The van der Waals surface area contributed by atoms with E-state index in [1.807, 2.05) is 49.9 Å². The molecular formula is C34H64N5O12P3. The number of hydrogen-bond acceptors (Lipinski definition) is 16. The Kier molecular flexibility index (Phi) is 23.7. The van der Waals surface area contributed by atoms with Crippen molar-refractivity contribution >= 4 is 34.7 Å². The third-order valence-corrected chi connectivity index (χ3v) is 14.2. The maximum Gasteiger partial charge on any atom is 0.344 e. The fourth-order valence-corrected chi connectivity index (χ4v) is 11.0. The fraction of sp³-hybridized carbons (Fsp3) is 0.765. The van der Waals surface area contributed by atoms with E-state index in [0.717, 1.165) is 5.56 Å². The number of nitrogens with zero attached hydrogens (tertiary/aromatic N) is 4. The van der Waals surface area contributed by atoms with Crippen LogP contribution in [0.25, 0.3) is 0 Å². The van der Waals surface area contributed by atoms with Crippen molar-refractivity contribution in [1.29, 1.82) is 0 Å². The summed E-state index contributed by atoms with van der Waals surface area (Å²) >= 11 is 0. The van der Waals surface area contributed by atoms with Crippen LogP contribution in [0.1, 0.15) is 47.1 Å². The summed E-state index contributed by atoms with van der Waals surface area (Å²) in [6.45, 7) is 14.5. The lowest BCUT2D eigenvalue weighted by atomic mass is 10.2. The first-order chi connectivity index (χ1) is 25.8. The van der Waals surface area contributed by atoms with E-state index in [2.05, 4.69) is 5.32 Å². The summed E-state index contributed by atoms with van der Waals surface area (Å²) in [6, 6.07) is 9.26.